The number of carbonyl (C=O) groups is 2. The maximum Gasteiger partial charge on any atom is 0.328 e. The van der Waals surface area contributed by atoms with Gasteiger partial charge in [0.25, 0.3) is 0 Å². The number of nitrogens with zero attached hydrogens (tertiary/aromatic N) is 1. The highest BCUT2D eigenvalue weighted by atomic mass is 16.5. The Morgan fingerprint density at radius 1 is 1.10 bits per heavy atom. The minimum Gasteiger partial charge on any atom is -0.467 e. The largest absolute Gasteiger partial charge is 0.467 e. The molecule has 0 fully saturated rings. The van der Waals surface area contributed by atoms with Crippen LogP contribution in [0.4, 0.5) is 0 Å². The molecule has 1 aromatic heterocycles. The number of fused-ring (bicyclic) bond motifs is 3. The van der Waals surface area contributed by atoms with Gasteiger partial charge in [-0.15, -0.1) is 0 Å². The second-order valence-electron chi connectivity index (χ2n) is 7.96. The van der Waals surface area contributed by atoms with E-state index >= 15 is 0 Å². The van der Waals surface area contributed by atoms with Crippen molar-refractivity contribution < 1.29 is 14.3 Å². The molecule has 29 heavy (non-hydrogen) atoms. The third kappa shape index (κ3) is 3.20. The lowest BCUT2D eigenvalue weighted by molar-refractivity contribution is -0.154. The predicted molar refractivity (Wildman–Crippen MR) is 113 cm³/mol. The van der Waals surface area contributed by atoms with Crippen LogP contribution in [0.5, 0.6) is 0 Å². The number of benzene rings is 2. The SMILES string of the molecule is COC(=O)[C@H]1Cc2c([nH]c3ccccc23)[C@H](c2ccc(C(C)C)cc2)N1C(C)=O. The molecule has 2 aromatic carbocycles. The Hall–Kier alpha value is -3.08. The normalized spacial score (nSPS) is 18.7. The first-order valence-electron chi connectivity index (χ1n) is 9.98. The zero-order valence-corrected chi connectivity index (χ0v) is 17.2. The lowest BCUT2D eigenvalue weighted by atomic mass is 9.87. The minimum atomic E-state index is -0.654. The van der Waals surface area contributed by atoms with Crippen molar-refractivity contribution >= 4 is 22.8 Å². The molecular formula is C24H26N2O3. The highest BCUT2D eigenvalue weighted by Gasteiger charge is 2.42. The Labute approximate surface area is 170 Å². The van der Waals surface area contributed by atoms with Crippen LogP contribution in [0.1, 0.15) is 55.1 Å². The van der Waals surface area contributed by atoms with Crippen molar-refractivity contribution in [3.8, 4) is 0 Å². The van der Waals surface area contributed by atoms with Gasteiger partial charge in [0.1, 0.15) is 6.04 Å². The van der Waals surface area contributed by atoms with Crippen molar-refractivity contribution in [2.45, 2.75) is 45.2 Å². The molecule has 0 saturated carbocycles. The van der Waals surface area contributed by atoms with Gasteiger partial charge in [-0.1, -0.05) is 56.3 Å². The summed E-state index contributed by atoms with van der Waals surface area (Å²) < 4.78 is 5.07. The molecule has 0 saturated heterocycles. The second kappa shape index (κ2) is 7.39. The number of aromatic nitrogens is 1. The van der Waals surface area contributed by atoms with Crippen molar-refractivity contribution in [1.82, 2.24) is 9.88 Å². The third-order valence-corrected chi connectivity index (χ3v) is 5.89. The molecule has 1 amide bonds. The summed E-state index contributed by atoms with van der Waals surface area (Å²) in [6.07, 6.45) is 0.437. The number of para-hydroxylation sites is 1. The van der Waals surface area contributed by atoms with Gasteiger partial charge < -0.3 is 14.6 Å². The van der Waals surface area contributed by atoms with Crippen molar-refractivity contribution in [3.05, 3.63) is 70.9 Å². The van der Waals surface area contributed by atoms with E-state index in [0.29, 0.717) is 12.3 Å². The van der Waals surface area contributed by atoms with Gasteiger partial charge in [0.05, 0.1) is 13.2 Å². The number of aromatic amines is 1. The lowest BCUT2D eigenvalue weighted by Crippen LogP contribution is -2.51. The predicted octanol–water partition coefficient (Wildman–Crippen LogP) is 4.33. The smallest absolute Gasteiger partial charge is 0.328 e. The summed E-state index contributed by atoms with van der Waals surface area (Å²) in [5.41, 5.74) is 5.27. The molecule has 0 bridgehead atoms. The fraction of sp³-hybridized carbons (Fsp3) is 0.333. The van der Waals surface area contributed by atoms with Gasteiger partial charge >= 0.3 is 5.97 Å². The fourth-order valence-electron chi connectivity index (χ4n) is 4.41. The maximum absolute atomic E-state index is 12.7. The Bertz CT molecular complexity index is 1070. The molecule has 2 atom stereocenters. The highest BCUT2D eigenvalue weighted by molar-refractivity contribution is 5.90. The van der Waals surface area contributed by atoms with Crippen LogP contribution in [-0.2, 0) is 20.7 Å². The first-order valence-corrected chi connectivity index (χ1v) is 9.98. The highest BCUT2D eigenvalue weighted by Crippen LogP contribution is 2.41. The average Bonchev–Trinajstić information content (AvgIpc) is 3.10. The van der Waals surface area contributed by atoms with Crippen LogP contribution in [0.15, 0.2) is 48.5 Å². The molecule has 1 aliphatic rings. The number of amides is 1. The number of methoxy groups -OCH3 is 1. The van der Waals surface area contributed by atoms with Gasteiger partial charge in [-0.3, -0.25) is 4.79 Å². The topological polar surface area (TPSA) is 62.4 Å². The van der Waals surface area contributed by atoms with E-state index in [1.807, 2.05) is 18.2 Å². The minimum absolute atomic E-state index is 0.150. The van der Waals surface area contributed by atoms with Crippen LogP contribution in [0.2, 0.25) is 0 Å². The van der Waals surface area contributed by atoms with Crippen LogP contribution in [0.25, 0.3) is 10.9 Å². The zero-order valence-electron chi connectivity index (χ0n) is 17.2. The molecule has 0 radical (unpaired) electrons. The van der Waals surface area contributed by atoms with Crippen LogP contribution in [0.3, 0.4) is 0 Å². The molecule has 0 aliphatic carbocycles. The molecular weight excluding hydrogens is 364 g/mol. The summed E-state index contributed by atoms with van der Waals surface area (Å²) in [5.74, 6) is -0.117. The van der Waals surface area contributed by atoms with Gasteiger partial charge in [-0.2, -0.15) is 0 Å². The summed E-state index contributed by atoms with van der Waals surface area (Å²) in [6.45, 7) is 5.82. The van der Waals surface area contributed by atoms with Gasteiger partial charge in [-0.25, -0.2) is 4.79 Å². The number of ether oxygens (including phenoxy) is 1. The fourth-order valence-corrected chi connectivity index (χ4v) is 4.41. The van der Waals surface area contributed by atoms with Gasteiger partial charge in [0.2, 0.25) is 5.91 Å². The maximum atomic E-state index is 12.7. The number of hydrogen-bond donors (Lipinski definition) is 1. The summed E-state index contributed by atoms with van der Waals surface area (Å²) in [5, 5.41) is 1.09. The number of rotatable bonds is 3. The van der Waals surface area contributed by atoms with E-state index < -0.39 is 6.04 Å². The molecule has 150 valence electrons. The van der Waals surface area contributed by atoms with Crippen LogP contribution >= 0.6 is 0 Å². The third-order valence-electron chi connectivity index (χ3n) is 5.89. The van der Waals surface area contributed by atoms with E-state index in [1.165, 1.54) is 19.6 Å². The van der Waals surface area contributed by atoms with Gasteiger partial charge in [0.15, 0.2) is 0 Å². The lowest BCUT2D eigenvalue weighted by Gasteiger charge is -2.40. The van der Waals surface area contributed by atoms with Crippen molar-refractivity contribution in [2.24, 2.45) is 0 Å². The van der Waals surface area contributed by atoms with E-state index in [0.717, 1.165) is 27.7 Å². The van der Waals surface area contributed by atoms with E-state index in [4.69, 9.17) is 4.74 Å². The van der Waals surface area contributed by atoms with Crippen LogP contribution < -0.4 is 0 Å². The Kier molecular flexibility index (Phi) is 4.91. The number of carbonyl (C=O) groups excluding carboxylic acids is 2. The summed E-state index contributed by atoms with van der Waals surface area (Å²) in [6, 6.07) is 15.4. The van der Waals surface area contributed by atoms with E-state index in [2.05, 4.69) is 49.2 Å². The number of H-pyrrole nitrogens is 1. The molecule has 3 aromatic rings. The Morgan fingerprint density at radius 3 is 2.41 bits per heavy atom. The summed E-state index contributed by atoms with van der Waals surface area (Å²) in [7, 11) is 1.37. The van der Waals surface area contributed by atoms with Gasteiger partial charge in [0, 0.05) is 29.9 Å². The first-order chi connectivity index (χ1) is 13.9. The first kappa shape index (κ1) is 19.2. The van der Waals surface area contributed by atoms with E-state index in [1.54, 1.807) is 4.90 Å². The van der Waals surface area contributed by atoms with Crippen LogP contribution in [0, 0.1) is 0 Å². The standard InChI is InChI=1S/C24H26N2O3/c1-14(2)16-9-11-17(12-10-16)23-22-19(18-7-5-6-8-20(18)25-22)13-21(24(28)29-4)26(23)15(3)27/h5-12,14,21,23,25H,13H2,1-4H3/t21-,23+/m1/s1. The molecule has 2 heterocycles. The molecule has 5 nitrogen and oxygen atoms in total. The number of esters is 1. The molecule has 5 heteroatoms. The number of hydrogen-bond acceptors (Lipinski definition) is 3. The summed E-state index contributed by atoms with van der Waals surface area (Å²) in [4.78, 5) is 30.5. The van der Waals surface area contributed by atoms with Crippen molar-refractivity contribution in [2.75, 3.05) is 7.11 Å². The molecule has 0 spiro atoms. The molecule has 1 aliphatic heterocycles. The van der Waals surface area contributed by atoms with Crippen molar-refractivity contribution in [1.29, 1.82) is 0 Å². The quantitative estimate of drug-likeness (QED) is 0.677. The Morgan fingerprint density at radius 2 is 1.79 bits per heavy atom. The molecule has 4 rings (SSSR count). The van der Waals surface area contributed by atoms with Crippen LogP contribution in [-0.4, -0.2) is 34.9 Å². The van der Waals surface area contributed by atoms with E-state index in [-0.39, 0.29) is 17.9 Å². The molecule has 0 unspecified atom stereocenters. The second-order valence-corrected chi connectivity index (χ2v) is 7.96. The Balaban J connectivity index is 1.93. The summed E-state index contributed by atoms with van der Waals surface area (Å²) >= 11 is 0. The van der Waals surface area contributed by atoms with Gasteiger partial charge in [-0.05, 0) is 28.7 Å². The number of nitrogens with one attached hydrogen (secondary N) is 1. The zero-order chi connectivity index (χ0) is 20.7. The molecule has 1 N–H and O–H groups in total. The van der Waals surface area contributed by atoms with Crippen molar-refractivity contribution in [3.63, 3.8) is 0 Å². The monoisotopic (exact) mass is 390 g/mol. The average molecular weight is 390 g/mol. The van der Waals surface area contributed by atoms with E-state index in [9.17, 15) is 9.59 Å².